The van der Waals surface area contributed by atoms with Crippen molar-refractivity contribution in [2.75, 3.05) is 50.7 Å². The van der Waals surface area contributed by atoms with Crippen LogP contribution >= 0.6 is 0 Å². The molecule has 2 aliphatic heterocycles. The Hall–Kier alpha value is -1.21. The van der Waals surface area contributed by atoms with Crippen molar-refractivity contribution >= 4 is 5.69 Å². The van der Waals surface area contributed by atoms with E-state index in [0.29, 0.717) is 12.0 Å². The van der Waals surface area contributed by atoms with Gasteiger partial charge in [0.05, 0.1) is 0 Å². The van der Waals surface area contributed by atoms with Crippen molar-refractivity contribution in [3.63, 3.8) is 0 Å². The Morgan fingerprint density at radius 3 is 2.68 bits per heavy atom. The lowest BCUT2D eigenvalue weighted by Crippen LogP contribution is -2.46. The van der Waals surface area contributed by atoms with E-state index in [1.165, 1.54) is 5.69 Å². The van der Waals surface area contributed by atoms with Gasteiger partial charge in [-0.05, 0) is 44.2 Å². The second-order valence-corrected chi connectivity index (χ2v) is 7.33. The Labute approximate surface area is 150 Å². The normalized spacial score (nSPS) is 26.2. The van der Waals surface area contributed by atoms with Gasteiger partial charge in [-0.25, -0.2) is 4.39 Å². The molecule has 0 aliphatic carbocycles. The number of hydrogen-bond donors (Lipinski definition) is 3. The van der Waals surface area contributed by atoms with Crippen molar-refractivity contribution in [2.24, 2.45) is 5.92 Å². The third-order valence-electron chi connectivity index (χ3n) is 5.70. The minimum absolute atomic E-state index is 0.128. The summed E-state index contributed by atoms with van der Waals surface area (Å²) in [6.45, 7) is 13.7. The number of anilines is 1. The highest BCUT2D eigenvalue weighted by Crippen LogP contribution is 2.28. The highest BCUT2D eigenvalue weighted by Gasteiger charge is 2.24. The van der Waals surface area contributed by atoms with Gasteiger partial charge in [-0.3, -0.25) is 10.9 Å². The molecule has 140 valence electrons. The molecule has 3 N–H and O–H groups in total. The van der Waals surface area contributed by atoms with Gasteiger partial charge in [0.1, 0.15) is 5.82 Å². The zero-order chi connectivity index (χ0) is 17.8. The molecule has 0 amide bonds. The first-order valence-corrected chi connectivity index (χ1v) is 9.57. The molecule has 5 nitrogen and oxygen atoms in total. The molecule has 0 saturated carbocycles. The van der Waals surface area contributed by atoms with Crippen LogP contribution in [0.2, 0.25) is 0 Å². The molecule has 2 saturated heterocycles. The molecule has 25 heavy (non-hydrogen) atoms. The molecule has 3 rings (SSSR count). The van der Waals surface area contributed by atoms with Crippen LogP contribution in [-0.2, 0) is 0 Å². The van der Waals surface area contributed by atoms with Crippen molar-refractivity contribution in [1.29, 1.82) is 0 Å². The standard InChI is InChI=1S/C19H32FN5/c1-4-24-7-9-25(10-8-24)19-6-5-17(20)11-18(19)15(3)21-12-16-13-22-23-14(16)2/h5-6,11,14-16,21-23H,4,7-10,12-13H2,1-3H3. The Morgan fingerprint density at radius 2 is 2.04 bits per heavy atom. The van der Waals surface area contributed by atoms with Crippen molar-refractivity contribution < 1.29 is 4.39 Å². The summed E-state index contributed by atoms with van der Waals surface area (Å²) in [6.07, 6.45) is 0. The summed E-state index contributed by atoms with van der Waals surface area (Å²) in [5, 5.41) is 3.61. The number of halogens is 1. The van der Waals surface area contributed by atoms with Crippen LogP contribution in [0.4, 0.5) is 10.1 Å². The molecule has 3 unspecified atom stereocenters. The summed E-state index contributed by atoms with van der Waals surface area (Å²) in [5.41, 5.74) is 8.70. The van der Waals surface area contributed by atoms with Gasteiger partial charge in [0, 0.05) is 63.0 Å². The van der Waals surface area contributed by atoms with Crippen molar-refractivity contribution in [2.45, 2.75) is 32.9 Å². The molecule has 2 fully saturated rings. The van der Waals surface area contributed by atoms with Gasteiger partial charge < -0.3 is 15.1 Å². The first-order chi connectivity index (χ1) is 12.1. The van der Waals surface area contributed by atoms with Gasteiger partial charge in [-0.15, -0.1) is 0 Å². The quantitative estimate of drug-likeness (QED) is 0.730. The van der Waals surface area contributed by atoms with E-state index in [4.69, 9.17) is 0 Å². The molecule has 3 atom stereocenters. The summed E-state index contributed by atoms with van der Waals surface area (Å²) >= 11 is 0. The van der Waals surface area contributed by atoms with E-state index in [1.54, 1.807) is 12.1 Å². The number of hydrazine groups is 1. The number of benzene rings is 1. The van der Waals surface area contributed by atoms with Crippen molar-refractivity contribution in [3.8, 4) is 0 Å². The lowest BCUT2D eigenvalue weighted by atomic mass is 10.0. The van der Waals surface area contributed by atoms with Gasteiger partial charge in [0.25, 0.3) is 0 Å². The van der Waals surface area contributed by atoms with Crippen LogP contribution in [0.15, 0.2) is 18.2 Å². The maximum absolute atomic E-state index is 13.9. The lowest BCUT2D eigenvalue weighted by molar-refractivity contribution is 0.271. The van der Waals surface area contributed by atoms with Gasteiger partial charge >= 0.3 is 0 Å². The Morgan fingerprint density at radius 1 is 1.28 bits per heavy atom. The fourth-order valence-electron chi connectivity index (χ4n) is 3.80. The van der Waals surface area contributed by atoms with Crippen LogP contribution in [0.1, 0.15) is 32.4 Å². The van der Waals surface area contributed by atoms with E-state index in [2.05, 4.69) is 46.7 Å². The highest BCUT2D eigenvalue weighted by molar-refractivity contribution is 5.55. The Balaban J connectivity index is 1.68. The zero-order valence-electron chi connectivity index (χ0n) is 15.7. The summed E-state index contributed by atoms with van der Waals surface area (Å²) in [7, 11) is 0. The predicted molar refractivity (Wildman–Crippen MR) is 101 cm³/mol. The summed E-state index contributed by atoms with van der Waals surface area (Å²) < 4.78 is 13.9. The smallest absolute Gasteiger partial charge is 0.123 e. The predicted octanol–water partition coefficient (Wildman–Crippen LogP) is 1.73. The fourth-order valence-corrected chi connectivity index (χ4v) is 3.80. The van der Waals surface area contributed by atoms with E-state index in [1.807, 2.05) is 6.07 Å². The molecule has 0 aromatic heterocycles. The molecule has 0 radical (unpaired) electrons. The third-order valence-corrected chi connectivity index (χ3v) is 5.70. The minimum atomic E-state index is -0.155. The first-order valence-electron chi connectivity index (χ1n) is 9.57. The molecule has 1 aromatic rings. The maximum atomic E-state index is 13.9. The van der Waals surface area contributed by atoms with E-state index < -0.39 is 0 Å². The van der Waals surface area contributed by atoms with Gasteiger partial charge in [-0.1, -0.05) is 6.92 Å². The monoisotopic (exact) mass is 349 g/mol. The fraction of sp³-hybridized carbons (Fsp3) is 0.684. The van der Waals surface area contributed by atoms with Gasteiger partial charge in [0.15, 0.2) is 0 Å². The van der Waals surface area contributed by atoms with E-state index in [0.717, 1.165) is 51.4 Å². The number of nitrogens with one attached hydrogen (secondary N) is 3. The lowest BCUT2D eigenvalue weighted by Gasteiger charge is -2.37. The topological polar surface area (TPSA) is 42.6 Å². The molecule has 0 bridgehead atoms. The van der Waals surface area contributed by atoms with Crippen LogP contribution in [0.25, 0.3) is 0 Å². The third kappa shape index (κ3) is 4.50. The molecule has 1 aromatic carbocycles. The van der Waals surface area contributed by atoms with Crippen LogP contribution in [0.3, 0.4) is 0 Å². The zero-order valence-corrected chi connectivity index (χ0v) is 15.7. The second-order valence-electron chi connectivity index (χ2n) is 7.33. The Bertz CT molecular complexity index is 559. The van der Waals surface area contributed by atoms with Crippen molar-refractivity contribution in [3.05, 3.63) is 29.6 Å². The number of hydrogen-bond acceptors (Lipinski definition) is 5. The van der Waals surface area contributed by atoms with Gasteiger partial charge in [-0.2, -0.15) is 0 Å². The van der Waals surface area contributed by atoms with Crippen LogP contribution in [0, 0.1) is 11.7 Å². The average molecular weight is 349 g/mol. The Kier molecular flexibility index (Phi) is 6.28. The molecule has 6 heteroatoms. The number of rotatable bonds is 6. The first kappa shape index (κ1) is 18.6. The average Bonchev–Trinajstić information content (AvgIpc) is 3.04. The number of piperazine rings is 1. The maximum Gasteiger partial charge on any atom is 0.123 e. The molecule has 2 heterocycles. The summed E-state index contributed by atoms with van der Waals surface area (Å²) in [5.74, 6) is 0.393. The van der Waals surface area contributed by atoms with Crippen LogP contribution < -0.4 is 21.1 Å². The number of nitrogens with zero attached hydrogens (tertiary/aromatic N) is 2. The largest absolute Gasteiger partial charge is 0.369 e. The second kappa shape index (κ2) is 8.45. The van der Waals surface area contributed by atoms with Crippen LogP contribution in [0.5, 0.6) is 0 Å². The molecular weight excluding hydrogens is 317 g/mol. The summed E-state index contributed by atoms with van der Waals surface area (Å²) in [4.78, 5) is 4.86. The minimum Gasteiger partial charge on any atom is -0.369 e. The van der Waals surface area contributed by atoms with E-state index >= 15 is 0 Å². The van der Waals surface area contributed by atoms with Crippen LogP contribution in [-0.4, -0.2) is 56.8 Å². The van der Waals surface area contributed by atoms with Gasteiger partial charge in [0.2, 0.25) is 0 Å². The highest BCUT2D eigenvalue weighted by atomic mass is 19.1. The molecule has 0 spiro atoms. The molecular formula is C19H32FN5. The van der Waals surface area contributed by atoms with E-state index in [-0.39, 0.29) is 11.9 Å². The van der Waals surface area contributed by atoms with Crippen molar-refractivity contribution in [1.82, 2.24) is 21.1 Å². The molecule has 2 aliphatic rings. The number of likely N-dealkylation sites (N-methyl/N-ethyl adjacent to an activating group) is 1. The van der Waals surface area contributed by atoms with E-state index in [9.17, 15) is 4.39 Å². The SMILES string of the molecule is CCN1CCN(c2ccc(F)cc2C(C)NCC2CNNC2C)CC1. The summed E-state index contributed by atoms with van der Waals surface area (Å²) in [6, 6.07) is 5.82.